The first-order valence-corrected chi connectivity index (χ1v) is 10.8. The predicted molar refractivity (Wildman–Crippen MR) is 110 cm³/mol. The lowest BCUT2D eigenvalue weighted by Gasteiger charge is -2.35. The van der Waals surface area contributed by atoms with E-state index >= 15 is 0 Å². The third-order valence-corrected chi connectivity index (χ3v) is 6.67. The molecule has 2 heteroatoms. The normalized spacial score (nSPS) is 30.1. The number of nitrogens with zero attached hydrogens (tertiary/aromatic N) is 1. The van der Waals surface area contributed by atoms with E-state index in [0.717, 1.165) is 31.8 Å². The van der Waals surface area contributed by atoms with Gasteiger partial charge in [0, 0.05) is 19.1 Å². The van der Waals surface area contributed by atoms with Gasteiger partial charge in [0.25, 0.3) is 0 Å². The zero-order chi connectivity index (χ0) is 18.5. The van der Waals surface area contributed by atoms with E-state index in [1.165, 1.54) is 36.8 Å². The van der Waals surface area contributed by atoms with Gasteiger partial charge in [-0.3, -0.25) is 4.90 Å². The molecule has 0 bridgehead atoms. The third-order valence-electron chi connectivity index (χ3n) is 6.67. The number of rotatable bonds is 8. The first-order valence-electron chi connectivity index (χ1n) is 10.8. The van der Waals surface area contributed by atoms with Crippen molar-refractivity contribution < 1.29 is 5.11 Å². The molecule has 3 rings (SSSR count). The zero-order valence-corrected chi connectivity index (χ0v) is 16.9. The first kappa shape index (κ1) is 19.6. The summed E-state index contributed by atoms with van der Waals surface area (Å²) in [6.07, 6.45) is 9.33. The Balaban J connectivity index is 1.81. The van der Waals surface area contributed by atoms with Crippen LogP contribution in [0.2, 0.25) is 0 Å². The maximum Gasteiger partial charge on any atom is 0.0701 e. The smallest absolute Gasteiger partial charge is 0.0701 e. The largest absolute Gasteiger partial charge is 0.391 e. The number of unbranched alkanes of at least 4 members (excludes halogenated alkanes) is 2. The van der Waals surface area contributed by atoms with Crippen LogP contribution in [0, 0.1) is 17.8 Å². The Kier molecular flexibility index (Phi) is 6.94. The van der Waals surface area contributed by atoms with Crippen molar-refractivity contribution in [1.82, 2.24) is 4.90 Å². The van der Waals surface area contributed by atoms with Crippen molar-refractivity contribution in [2.75, 3.05) is 6.54 Å². The molecule has 1 N–H and O–H groups in total. The fourth-order valence-corrected chi connectivity index (χ4v) is 5.37. The van der Waals surface area contributed by atoms with Gasteiger partial charge in [0.2, 0.25) is 0 Å². The van der Waals surface area contributed by atoms with Crippen LogP contribution in [0.5, 0.6) is 0 Å². The van der Waals surface area contributed by atoms with E-state index in [9.17, 15) is 5.11 Å². The SMILES string of the molecule is CCCCC[C@H](O)[C@H]1[C@@H]2C=C(C)C[C@@H](CC)[C@@H]2CN1Cc1ccccc1. The molecule has 0 radical (unpaired) electrons. The van der Waals surface area contributed by atoms with Crippen LogP contribution < -0.4 is 0 Å². The van der Waals surface area contributed by atoms with Crippen LogP contribution in [0.4, 0.5) is 0 Å². The van der Waals surface area contributed by atoms with Crippen molar-refractivity contribution >= 4 is 0 Å². The summed E-state index contributed by atoms with van der Waals surface area (Å²) in [5.41, 5.74) is 2.90. The highest BCUT2D eigenvalue weighted by Gasteiger charge is 2.47. The van der Waals surface area contributed by atoms with Crippen LogP contribution in [0.25, 0.3) is 0 Å². The van der Waals surface area contributed by atoms with E-state index < -0.39 is 0 Å². The fraction of sp³-hybridized carbons (Fsp3) is 0.667. The monoisotopic (exact) mass is 355 g/mol. The number of hydrogen-bond donors (Lipinski definition) is 1. The molecule has 0 aromatic heterocycles. The second kappa shape index (κ2) is 9.19. The highest BCUT2D eigenvalue weighted by molar-refractivity contribution is 5.19. The van der Waals surface area contributed by atoms with Crippen molar-refractivity contribution in [1.29, 1.82) is 0 Å². The van der Waals surface area contributed by atoms with E-state index in [-0.39, 0.29) is 12.1 Å². The lowest BCUT2D eigenvalue weighted by molar-refractivity contribution is 0.0480. The zero-order valence-electron chi connectivity index (χ0n) is 16.9. The number of aliphatic hydroxyl groups is 1. The minimum Gasteiger partial charge on any atom is -0.391 e. The fourth-order valence-electron chi connectivity index (χ4n) is 5.37. The molecule has 2 nitrogen and oxygen atoms in total. The standard InChI is InChI=1S/C24H37NO/c1-4-6-8-13-23(26)24-21-15-18(3)14-20(5-2)22(21)17-25(24)16-19-11-9-7-10-12-19/h7,9-12,15,20-24,26H,4-6,8,13-14,16-17H2,1-3H3/t20-,21-,22+,23+,24-/m1/s1. The summed E-state index contributed by atoms with van der Waals surface area (Å²) < 4.78 is 0. The van der Waals surface area contributed by atoms with Gasteiger partial charge >= 0.3 is 0 Å². The second-order valence-corrected chi connectivity index (χ2v) is 8.60. The molecule has 2 aliphatic rings. The molecule has 144 valence electrons. The van der Waals surface area contributed by atoms with E-state index in [1.54, 1.807) is 0 Å². The summed E-state index contributed by atoms with van der Waals surface area (Å²) in [6, 6.07) is 11.1. The second-order valence-electron chi connectivity index (χ2n) is 8.60. The number of benzene rings is 1. The average molecular weight is 356 g/mol. The Morgan fingerprint density at radius 3 is 2.62 bits per heavy atom. The van der Waals surface area contributed by atoms with Gasteiger partial charge in [-0.2, -0.15) is 0 Å². The minimum absolute atomic E-state index is 0.208. The Morgan fingerprint density at radius 2 is 1.92 bits per heavy atom. The van der Waals surface area contributed by atoms with Crippen LogP contribution in [-0.2, 0) is 6.54 Å². The van der Waals surface area contributed by atoms with Crippen LogP contribution in [0.3, 0.4) is 0 Å². The average Bonchev–Trinajstić information content (AvgIpc) is 2.99. The predicted octanol–water partition coefficient (Wildman–Crippen LogP) is 5.42. The van der Waals surface area contributed by atoms with Crippen molar-refractivity contribution in [3.05, 3.63) is 47.5 Å². The molecule has 0 spiro atoms. The summed E-state index contributed by atoms with van der Waals surface area (Å²) in [5, 5.41) is 11.1. The summed E-state index contributed by atoms with van der Waals surface area (Å²) >= 11 is 0. The quantitative estimate of drug-likeness (QED) is 0.497. The van der Waals surface area contributed by atoms with Gasteiger partial charge in [0.15, 0.2) is 0 Å². The Hall–Kier alpha value is -1.12. The molecule has 1 aromatic rings. The molecule has 0 amide bonds. The molecular formula is C24H37NO. The van der Waals surface area contributed by atoms with Gasteiger partial charge in [-0.05, 0) is 43.1 Å². The van der Waals surface area contributed by atoms with Gasteiger partial charge in [-0.1, -0.05) is 81.5 Å². The van der Waals surface area contributed by atoms with Crippen LogP contribution >= 0.6 is 0 Å². The molecular weight excluding hydrogens is 318 g/mol. The van der Waals surface area contributed by atoms with Crippen LogP contribution in [-0.4, -0.2) is 28.7 Å². The van der Waals surface area contributed by atoms with Crippen molar-refractivity contribution in [2.45, 2.75) is 78.0 Å². The van der Waals surface area contributed by atoms with E-state index in [0.29, 0.717) is 11.8 Å². The summed E-state index contributed by atoms with van der Waals surface area (Å²) in [5.74, 6) is 2.00. The Labute approximate surface area is 160 Å². The number of likely N-dealkylation sites (tertiary alicyclic amines) is 1. The number of hydrogen-bond acceptors (Lipinski definition) is 2. The molecule has 1 aromatic carbocycles. The van der Waals surface area contributed by atoms with Gasteiger partial charge in [-0.25, -0.2) is 0 Å². The Morgan fingerprint density at radius 1 is 1.15 bits per heavy atom. The molecule has 1 fully saturated rings. The van der Waals surface area contributed by atoms with Crippen molar-refractivity contribution in [3.8, 4) is 0 Å². The van der Waals surface area contributed by atoms with E-state index in [2.05, 4.69) is 62.1 Å². The Bertz CT molecular complexity index is 581. The third kappa shape index (κ3) is 4.40. The van der Waals surface area contributed by atoms with Crippen molar-refractivity contribution in [2.24, 2.45) is 17.8 Å². The van der Waals surface area contributed by atoms with Gasteiger partial charge in [-0.15, -0.1) is 0 Å². The lowest BCUT2D eigenvalue weighted by atomic mass is 9.71. The van der Waals surface area contributed by atoms with Gasteiger partial charge < -0.3 is 5.11 Å². The summed E-state index contributed by atoms with van der Waals surface area (Å²) in [6.45, 7) is 8.97. The molecule has 1 heterocycles. The van der Waals surface area contributed by atoms with Gasteiger partial charge in [0.1, 0.15) is 0 Å². The maximum atomic E-state index is 11.1. The van der Waals surface area contributed by atoms with E-state index in [1.807, 2.05) is 0 Å². The lowest BCUT2D eigenvalue weighted by Crippen LogP contribution is -2.42. The molecule has 26 heavy (non-hydrogen) atoms. The molecule has 5 atom stereocenters. The molecule has 0 saturated carbocycles. The molecule has 1 aliphatic heterocycles. The number of fused-ring (bicyclic) bond motifs is 1. The summed E-state index contributed by atoms with van der Waals surface area (Å²) in [4.78, 5) is 2.60. The highest BCUT2D eigenvalue weighted by Crippen LogP contribution is 2.45. The van der Waals surface area contributed by atoms with Crippen LogP contribution in [0.1, 0.15) is 64.9 Å². The minimum atomic E-state index is -0.208. The summed E-state index contributed by atoms with van der Waals surface area (Å²) in [7, 11) is 0. The van der Waals surface area contributed by atoms with Crippen molar-refractivity contribution in [3.63, 3.8) is 0 Å². The first-order chi connectivity index (χ1) is 12.6. The number of allylic oxidation sites excluding steroid dienone is 1. The molecule has 1 aliphatic carbocycles. The molecule has 1 saturated heterocycles. The highest BCUT2D eigenvalue weighted by atomic mass is 16.3. The van der Waals surface area contributed by atoms with E-state index in [4.69, 9.17) is 0 Å². The molecule has 0 unspecified atom stereocenters. The maximum absolute atomic E-state index is 11.1. The number of aliphatic hydroxyl groups excluding tert-OH is 1. The topological polar surface area (TPSA) is 23.5 Å². The van der Waals surface area contributed by atoms with Crippen LogP contribution in [0.15, 0.2) is 42.0 Å². The van der Waals surface area contributed by atoms with Gasteiger partial charge in [0.05, 0.1) is 6.10 Å².